The third kappa shape index (κ3) is 7.62. The Bertz CT molecular complexity index is 1080. The number of pyridine rings is 1. The van der Waals surface area contributed by atoms with Gasteiger partial charge in [0.15, 0.2) is 5.82 Å². The maximum absolute atomic E-state index is 15.1. The molecule has 0 saturated carbocycles. The molecule has 1 aliphatic heterocycles. The molecule has 1 N–H and O–H groups in total. The fourth-order valence-electron chi connectivity index (χ4n) is 3.44. The first-order valence-corrected chi connectivity index (χ1v) is 11.9. The maximum Gasteiger partial charge on any atom is 0.410 e. The summed E-state index contributed by atoms with van der Waals surface area (Å²) in [5.74, 6) is -0.506. The van der Waals surface area contributed by atoms with Gasteiger partial charge in [-0.1, -0.05) is 31.9 Å². The Labute approximate surface area is 209 Å². The normalized spacial score (nSPS) is 16.5. The molecule has 0 spiro atoms. The minimum atomic E-state index is -1.78. The highest BCUT2D eigenvalue weighted by molar-refractivity contribution is 6.32. The highest BCUT2D eigenvalue weighted by Gasteiger charge is 2.43. The molecule has 1 aliphatic rings. The molecule has 11 heteroatoms. The van der Waals surface area contributed by atoms with E-state index in [1.54, 1.807) is 25.7 Å². The molecule has 194 valence electrons. The lowest BCUT2D eigenvalue weighted by Crippen LogP contribution is -2.62. The number of carbonyl (C=O) groups excluding carboxylic acids is 1. The average Bonchev–Trinajstić information content (AvgIpc) is 2.74. The summed E-state index contributed by atoms with van der Waals surface area (Å²) in [5.41, 5.74) is -2.82. The van der Waals surface area contributed by atoms with Crippen molar-refractivity contribution < 1.29 is 18.3 Å². The molecule has 2 aromatic rings. The van der Waals surface area contributed by atoms with E-state index in [1.807, 2.05) is 0 Å². The van der Waals surface area contributed by atoms with Crippen LogP contribution in [-0.2, 0) is 4.74 Å². The van der Waals surface area contributed by atoms with Gasteiger partial charge in [-0.2, -0.15) is 4.39 Å². The first-order chi connectivity index (χ1) is 16.2. The first-order valence-electron chi connectivity index (χ1n) is 11.5. The first kappa shape index (κ1) is 28.5. The molecular weight excluding hydrogens is 480 g/mol. The van der Waals surface area contributed by atoms with E-state index in [2.05, 4.69) is 28.8 Å². The minimum Gasteiger partial charge on any atom is -0.444 e. The van der Waals surface area contributed by atoms with Gasteiger partial charge in [-0.25, -0.2) is 19.2 Å². The van der Waals surface area contributed by atoms with Crippen molar-refractivity contribution in [1.29, 1.82) is 0 Å². The zero-order chi connectivity index (χ0) is 26.6. The maximum atomic E-state index is 15.1. The molecule has 3 heterocycles. The van der Waals surface area contributed by atoms with Gasteiger partial charge >= 0.3 is 6.09 Å². The standard InChI is InChI=1S/C21H26ClF2N5O3.C3H8/c1-20(2,3)32-19(31)29-9-8-28(11-13(29)21(4,5)24)17-15(22)18(30)27-16(26-17)12-6-7-25-14(23)10-12;1-3-2/h6-7,10,13H,8-9,11H2,1-5H3,(H,26,27,30);3H2,1-2H3. The number of hydrogen-bond acceptors (Lipinski definition) is 6. The average molecular weight is 514 g/mol. The number of piperazine rings is 1. The summed E-state index contributed by atoms with van der Waals surface area (Å²) in [7, 11) is 0. The zero-order valence-electron chi connectivity index (χ0n) is 21.3. The lowest BCUT2D eigenvalue weighted by atomic mass is 9.96. The highest BCUT2D eigenvalue weighted by Crippen LogP contribution is 2.30. The number of hydrogen-bond donors (Lipinski definition) is 1. The van der Waals surface area contributed by atoms with Gasteiger partial charge in [0.25, 0.3) is 5.56 Å². The molecule has 3 rings (SSSR count). The van der Waals surface area contributed by atoms with Crippen LogP contribution >= 0.6 is 11.6 Å². The number of ether oxygens (including phenoxy) is 1. The van der Waals surface area contributed by atoms with Crippen LogP contribution in [0.4, 0.5) is 19.4 Å². The van der Waals surface area contributed by atoms with E-state index in [0.717, 1.165) is 6.07 Å². The molecule has 1 atom stereocenters. The van der Waals surface area contributed by atoms with Crippen LogP contribution in [0.25, 0.3) is 11.4 Å². The lowest BCUT2D eigenvalue weighted by Gasteiger charge is -2.45. The second kappa shape index (κ2) is 11.3. The third-order valence-electron chi connectivity index (χ3n) is 4.95. The largest absolute Gasteiger partial charge is 0.444 e. The SMILES string of the molecule is CC(C)(C)OC(=O)N1CCN(c2nc(-c3ccnc(F)c3)[nH]c(=O)c2Cl)CC1C(C)(C)F.CCC. The van der Waals surface area contributed by atoms with E-state index in [1.165, 1.54) is 37.4 Å². The van der Waals surface area contributed by atoms with Gasteiger partial charge in [-0.15, -0.1) is 0 Å². The fraction of sp³-hybridized carbons (Fsp3) is 0.583. The number of nitrogens with zero attached hydrogens (tertiary/aromatic N) is 4. The quantitative estimate of drug-likeness (QED) is 0.566. The number of aromatic nitrogens is 3. The predicted molar refractivity (Wildman–Crippen MR) is 133 cm³/mol. The molecule has 0 aliphatic carbocycles. The predicted octanol–water partition coefficient (Wildman–Crippen LogP) is 5.21. The van der Waals surface area contributed by atoms with Gasteiger partial charge < -0.3 is 14.6 Å². The van der Waals surface area contributed by atoms with Crippen molar-refractivity contribution in [3.63, 3.8) is 0 Å². The van der Waals surface area contributed by atoms with Crippen molar-refractivity contribution in [3.05, 3.63) is 39.7 Å². The van der Waals surface area contributed by atoms with Crippen molar-refractivity contribution in [1.82, 2.24) is 19.9 Å². The van der Waals surface area contributed by atoms with Crippen molar-refractivity contribution in [2.45, 2.75) is 72.2 Å². The summed E-state index contributed by atoms with van der Waals surface area (Å²) in [4.78, 5) is 38.5. The summed E-state index contributed by atoms with van der Waals surface area (Å²) >= 11 is 6.23. The van der Waals surface area contributed by atoms with E-state index in [9.17, 15) is 14.0 Å². The second-order valence-corrected chi connectivity index (χ2v) is 10.2. The number of carbonyl (C=O) groups is 1. The van der Waals surface area contributed by atoms with Gasteiger partial charge in [-0.3, -0.25) is 9.69 Å². The van der Waals surface area contributed by atoms with Crippen LogP contribution in [0.2, 0.25) is 5.02 Å². The Morgan fingerprint density at radius 3 is 2.43 bits per heavy atom. The van der Waals surface area contributed by atoms with Gasteiger partial charge in [-0.05, 0) is 40.7 Å². The van der Waals surface area contributed by atoms with Crippen molar-refractivity contribution in [3.8, 4) is 11.4 Å². The van der Waals surface area contributed by atoms with Crippen LogP contribution in [0.15, 0.2) is 23.1 Å². The van der Waals surface area contributed by atoms with E-state index in [-0.39, 0.29) is 36.3 Å². The number of alkyl halides is 1. The van der Waals surface area contributed by atoms with Crippen molar-refractivity contribution in [2.24, 2.45) is 0 Å². The van der Waals surface area contributed by atoms with Gasteiger partial charge in [0.1, 0.15) is 22.1 Å². The summed E-state index contributed by atoms with van der Waals surface area (Å²) < 4.78 is 34.1. The molecule has 8 nitrogen and oxygen atoms in total. The molecule has 1 saturated heterocycles. The van der Waals surface area contributed by atoms with Gasteiger partial charge in [0.05, 0.1) is 6.04 Å². The van der Waals surface area contributed by atoms with Crippen molar-refractivity contribution in [2.75, 3.05) is 24.5 Å². The van der Waals surface area contributed by atoms with E-state index >= 15 is 4.39 Å². The Morgan fingerprint density at radius 1 is 1.26 bits per heavy atom. The summed E-state index contributed by atoms with van der Waals surface area (Å²) in [6, 6.07) is 1.74. The van der Waals surface area contributed by atoms with Crippen LogP contribution in [0.3, 0.4) is 0 Å². The Kier molecular flexibility index (Phi) is 9.22. The number of nitrogens with one attached hydrogen (secondary N) is 1. The summed E-state index contributed by atoms with van der Waals surface area (Å²) in [5, 5.41) is -0.176. The fourth-order valence-corrected chi connectivity index (χ4v) is 3.65. The molecule has 0 bridgehead atoms. The number of rotatable bonds is 3. The number of halogens is 3. The van der Waals surface area contributed by atoms with E-state index < -0.39 is 34.9 Å². The van der Waals surface area contributed by atoms with Crippen LogP contribution in [0.1, 0.15) is 54.9 Å². The molecule has 1 amide bonds. The Hall–Kier alpha value is -2.75. The monoisotopic (exact) mass is 513 g/mol. The summed E-state index contributed by atoms with van der Waals surface area (Å²) in [6.07, 6.45) is 1.88. The molecule has 0 radical (unpaired) electrons. The zero-order valence-corrected chi connectivity index (χ0v) is 22.0. The van der Waals surface area contributed by atoms with E-state index in [0.29, 0.717) is 5.56 Å². The number of H-pyrrole nitrogens is 1. The Balaban J connectivity index is 0.00000137. The van der Waals surface area contributed by atoms with Crippen LogP contribution in [-0.4, -0.2) is 62.9 Å². The molecule has 1 fully saturated rings. The van der Waals surface area contributed by atoms with Crippen LogP contribution < -0.4 is 10.5 Å². The van der Waals surface area contributed by atoms with Crippen LogP contribution in [0, 0.1) is 5.95 Å². The van der Waals surface area contributed by atoms with Gasteiger partial charge in [0.2, 0.25) is 5.95 Å². The number of amides is 1. The number of aromatic amines is 1. The molecule has 1 unspecified atom stereocenters. The van der Waals surface area contributed by atoms with Gasteiger partial charge in [0, 0.05) is 37.5 Å². The van der Waals surface area contributed by atoms with Crippen LogP contribution in [0.5, 0.6) is 0 Å². The topological polar surface area (TPSA) is 91.4 Å². The Morgan fingerprint density at radius 2 is 1.89 bits per heavy atom. The lowest BCUT2D eigenvalue weighted by molar-refractivity contribution is -0.0108. The van der Waals surface area contributed by atoms with E-state index in [4.69, 9.17) is 16.3 Å². The molecule has 35 heavy (non-hydrogen) atoms. The molecule has 2 aromatic heterocycles. The number of anilines is 1. The third-order valence-corrected chi connectivity index (χ3v) is 5.29. The highest BCUT2D eigenvalue weighted by atomic mass is 35.5. The smallest absolute Gasteiger partial charge is 0.410 e. The minimum absolute atomic E-state index is 0.0308. The molecular formula is C24H34ClF2N5O3. The second-order valence-electron chi connectivity index (χ2n) is 9.83. The summed E-state index contributed by atoms with van der Waals surface area (Å²) in [6.45, 7) is 12.6. The molecule has 0 aromatic carbocycles. The van der Waals surface area contributed by atoms with Crippen molar-refractivity contribution >= 4 is 23.5 Å².